The molecule has 0 bridgehead atoms. The Labute approximate surface area is 137 Å². The second-order valence-electron chi connectivity index (χ2n) is 6.47. The van der Waals surface area contributed by atoms with Gasteiger partial charge in [0.15, 0.2) is 0 Å². The molecule has 0 N–H and O–H groups in total. The largest absolute Gasteiger partial charge is 0.495 e. The van der Waals surface area contributed by atoms with E-state index >= 15 is 0 Å². The highest BCUT2D eigenvalue weighted by Crippen LogP contribution is 2.34. The van der Waals surface area contributed by atoms with Crippen molar-refractivity contribution in [2.75, 3.05) is 31.6 Å². The highest BCUT2D eigenvalue weighted by molar-refractivity contribution is 6.01. The second-order valence-corrected chi connectivity index (χ2v) is 6.47. The first-order valence-corrected chi connectivity index (χ1v) is 8.34. The van der Waals surface area contributed by atoms with Crippen molar-refractivity contribution in [3.05, 3.63) is 23.8 Å². The summed E-state index contributed by atoms with van der Waals surface area (Å²) >= 11 is 0. The number of methoxy groups -OCH3 is 1. The first kappa shape index (κ1) is 15.8. The van der Waals surface area contributed by atoms with E-state index in [0.29, 0.717) is 18.7 Å². The van der Waals surface area contributed by atoms with Gasteiger partial charge < -0.3 is 14.5 Å². The third-order valence-corrected chi connectivity index (χ3v) is 4.77. The Hall–Kier alpha value is -2.04. The lowest BCUT2D eigenvalue weighted by Gasteiger charge is -2.29. The maximum Gasteiger partial charge on any atom is 0.228 e. The Balaban J connectivity index is 1.77. The third-order valence-electron chi connectivity index (χ3n) is 4.77. The van der Waals surface area contributed by atoms with Gasteiger partial charge in [-0.15, -0.1) is 0 Å². The van der Waals surface area contributed by atoms with Crippen LogP contribution < -0.4 is 9.64 Å². The van der Waals surface area contributed by atoms with Gasteiger partial charge in [-0.05, 0) is 43.9 Å². The number of aryl methyl sites for hydroxylation is 1. The van der Waals surface area contributed by atoms with E-state index in [1.165, 1.54) is 6.42 Å². The molecule has 1 atom stereocenters. The minimum Gasteiger partial charge on any atom is -0.495 e. The molecule has 23 heavy (non-hydrogen) atoms. The van der Waals surface area contributed by atoms with Gasteiger partial charge in [0.05, 0.1) is 18.7 Å². The quantitative estimate of drug-likeness (QED) is 0.860. The summed E-state index contributed by atoms with van der Waals surface area (Å²) in [6, 6.07) is 5.78. The van der Waals surface area contributed by atoms with Crippen molar-refractivity contribution in [3.63, 3.8) is 0 Å². The Morgan fingerprint density at radius 2 is 1.96 bits per heavy atom. The van der Waals surface area contributed by atoms with Crippen LogP contribution >= 0.6 is 0 Å². The van der Waals surface area contributed by atoms with Gasteiger partial charge in [0.1, 0.15) is 5.75 Å². The van der Waals surface area contributed by atoms with Crippen molar-refractivity contribution in [2.24, 2.45) is 5.92 Å². The lowest BCUT2D eigenvalue weighted by molar-refractivity contribution is -0.136. The molecule has 2 fully saturated rings. The van der Waals surface area contributed by atoms with Gasteiger partial charge >= 0.3 is 0 Å². The fraction of sp³-hybridized carbons (Fsp3) is 0.556. The molecule has 3 rings (SSSR count). The average molecular weight is 316 g/mol. The van der Waals surface area contributed by atoms with Crippen LogP contribution in [0.3, 0.4) is 0 Å². The minimum atomic E-state index is -0.231. The number of carbonyl (C=O) groups excluding carboxylic acids is 2. The zero-order valence-corrected chi connectivity index (χ0v) is 13.9. The topological polar surface area (TPSA) is 49.9 Å². The van der Waals surface area contributed by atoms with Crippen LogP contribution in [-0.4, -0.2) is 43.5 Å². The number of hydrogen-bond donors (Lipinski definition) is 0. The normalized spacial score (nSPS) is 21.7. The van der Waals surface area contributed by atoms with Crippen molar-refractivity contribution in [2.45, 2.75) is 32.6 Å². The number of ether oxygens (including phenoxy) is 1. The van der Waals surface area contributed by atoms with Crippen LogP contribution in [0.1, 0.15) is 31.2 Å². The van der Waals surface area contributed by atoms with Gasteiger partial charge in [-0.2, -0.15) is 0 Å². The highest BCUT2D eigenvalue weighted by Gasteiger charge is 2.38. The average Bonchev–Trinajstić information content (AvgIpc) is 2.96. The van der Waals surface area contributed by atoms with E-state index in [0.717, 1.165) is 37.2 Å². The summed E-state index contributed by atoms with van der Waals surface area (Å²) in [4.78, 5) is 28.7. The molecule has 2 heterocycles. The molecule has 2 saturated heterocycles. The van der Waals surface area contributed by atoms with E-state index in [-0.39, 0.29) is 17.7 Å². The van der Waals surface area contributed by atoms with Gasteiger partial charge in [-0.25, -0.2) is 0 Å². The summed E-state index contributed by atoms with van der Waals surface area (Å²) in [6.07, 6.45) is 3.63. The molecular formula is C18H24N2O3. The van der Waals surface area contributed by atoms with Crippen LogP contribution in [0, 0.1) is 12.8 Å². The summed E-state index contributed by atoms with van der Waals surface area (Å²) in [7, 11) is 1.60. The predicted molar refractivity (Wildman–Crippen MR) is 88.6 cm³/mol. The maximum atomic E-state index is 12.7. The van der Waals surface area contributed by atoms with Crippen LogP contribution in [0.25, 0.3) is 0 Å². The van der Waals surface area contributed by atoms with E-state index in [1.807, 2.05) is 30.0 Å². The zero-order valence-electron chi connectivity index (χ0n) is 13.9. The Kier molecular flexibility index (Phi) is 4.55. The Morgan fingerprint density at radius 1 is 1.22 bits per heavy atom. The lowest BCUT2D eigenvalue weighted by Crippen LogP contribution is -2.40. The molecule has 2 aliphatic heterocycles. The molecule has 0 aliphatic carbocycles. The summed E-state index contributed by atoms with van der Waals surface area (Å²) in [5.74, 6) is 0.581. The van der Waals surface area contributed by atoms with Crippen LogP contribution in [0.4, 0.5) is 5.69 Å². The monoisotopic (exact) mass is 316 g/mol. The molecule has 0 saturated carbocycles. The van der Waals surface area contributed by atoms with E-state index in [1.54, 1.807) is 12.0 Å². The Morgan fingerprint density at radius 3 is 2.65 bits per heavy atom. The number of rotatable bonds is 3. The maximum absolute atomic E-state index is 12.7. The Bertz CT molecular complexity index is 608. The number of hydrogen-bond acceptors (Lipinski definition) is 3. The molecule has 124 valence electrons. The van der Waals surface area contributed by atoms with Crippen LogP contribution in [0.15, 0.2) is 18.2 Å². The van der Waals surface area contributed by atoms with Crippen LogP contribution in [0.2, 0.25) is 0 Å². The molecule has 0 aromatic heterocycles. The minimum absolute atomic E-state index is 0.00394. The summed E-state index contributed by atoms with van der Waals surface area (Å²) in [5.41, 5.74) is 1.84. The molecule has 1 unspecified atom stereocenters. The lowest BCUT2D eigenvalue weighted by atomic mass is 10.0. The third kappa shape index (κ3) is 3.19. The first-order chi connectivity index (χ1) is 11.1. The number of piperidine rings is 1. The van der Waals surface area contributed by atoms with Gasteiger partial charge in [0.2, 0.25) is 11.8 Å². The molecule has 5 nitrogen and oxygen atoms in total. The van der Waals surface area contributed by atoms with Crippen molar-refractivity contribution < 1.29 is 14.3 Å². The van der Waals surface area contributed by atoms with Gasteiger partial charge in [0.25, 0.3) is 0 Å². The summed E-state index contributed by atoms with van der Waals surface area (Å²) < 4.78 is 5.38. The number of amides is 2. The van der Waals surface area contributed by atoms with Crippen molar-refractivity contribution in [3.8, 4) is 5.75 Å². The molecule has 2 aliphatic rings. The predicted octanol–water partition coefficient (Wildman–Crippen LogP) is 2.37. The van der Waals surface area contributed by atoms with Crippen LogP contribution in [-0.2, 0) is 9.59 Å². The van der Waals surface area contributed by atoms with E-state index in [4.69, 9.17) is 4.74 Å². The second kappa shape index (κ2) is 6.60. The fourth-order valence-corrected chi connectivity index (χ4v) is 3.49. The van der Waals surface area contributed by atoms with Crippen molar-refractivity contribution in [1.82, 2.24) is 4.90 Å². The van der Waals surface area contributed by atoms with E-state index < -0.39 is 0 Å². The number of likely N-dealkylation sites (tertiary alicyclic amines) is 1. The number of benzene rings is 1. The van der Waals surface area contributed by atoms with Gasteiger partial charge in [0, 0.05) is 26.1 Å². The molecule has 1 aromatic rings. The molecule has 0 spiro atoms. The number of carbonyl (C=O) groups is 2. The molecule has 5 heteroatoms. The molecule has 1 aromatic carbocycles. The standard InChI is InChI=1S/C18H24N2O3/c1-13-6-7-16(23-2)15(10-13)20-12-14(11-17(20)21)18(22)19-8-4-3-5-9-19/h6-7,10,14H,3-5,8-9,11-12H2,1-2H3. The first-order valence-electron chi connectivity index (χ1n) is 8.34. The molecule has 2 amide bonds. The highest BCUT2D eigenvalue weighted by atomic mass is 16.5. The van der Waals surface area contributed by atoms with Crippen LogP contribution in [0.5, 0.6) is 5.75 Å². The summed E-state index contributed by atoms with van der Waals surface area (Å²) in [5, 5.41) is 0. The molecular weight excluding hydrogens is 292 g/mol. The van der Waals surface area contributed by atoms with Crippen molar-refractivity contribution in [1.29, 1.82) is 0 Å². The van der Waals surface area contributed by atoms with Crippen molar-refractivity contribution >= 4 is 17.5 Å². The zero-order chi connectivity index (χ0) is 16.4. The van der Waals surface area contributed by atoms with Gasteiger partial charge in [-0.1, -0.05) is 6.07 Å². The SMILES string of the molecule is COc1ccc(C)cc1N1CC(C(=O)N2CCCCC2)CC1=O. The number of anilines is 1. The number of nitrogens with zero attached hydrogens (tertiary/aromatic N) is 2. The summed E-state index contributed by atoms with van der Waals surface area (Å²) in [6.45, 7) is 4.10. The molecule has 0 radical (unpaired) electrons. The fourth-order valence-electron chi connectivity index (χ4n) is 3.49. The van der Waals surface area contributed by atoms with E-state index in [2.05, 4.69) is 0 Å². The van der Waals surface area contributed by atoms with E-state index in [9.17, 15) is 9.59 Å². The van der Waals surface area contributed by atoms with Gasteiger partial charge in [-0.3, -0.25) is 9.59 Å². The smallest absolute Gasteiger partial charge is 0.228 e.